The van der Waals surface area contributed by atoms with Gasteiger partial charge in [0.1, 0.15) is 4.83 Å². The van der Waals surface area contributed by atoms with Crippen LogP contribution in [0.25, 0.3) is 11.1 Å². The third-order valence-electron chi connectivity index (χ3n) is 2.42. The third kappa shape index (κ3) is 2.32. The summed E-state index contributed by atoms with van der Waals surface area (Å²) in [5, 5.41) is 8.78. The molecule has 0 amide bonds. The second-order valence-electron chi connectivity index (χ2n) is 3.48. The Kier molecular flexibility index (Phi) is 3.38. The Morgan fingerprint density at radius 2 is 1.44 bits per heavy atom. The van der Waals surface area contributed by atoms with E-state index in [9.17, 15) is 0 Å². The molecule has 16 heavy (non-hydrogen) atoms. The number of hydrogen-bond acceptors (Lipinski definition) is 1. The molecular weight excluding hydrogens is 262 g/mol. The first kappa shape index (κ1) is 10.9. The van der Waals surface area contributed by atoms with E-state index in [1.165, 1.54) is 11.1 Å². The van der Waals surface area contributed by atoms with Crippen LogP contribution in [0.4, 0.5) is 0 Å². The van der Waals surface area contributed by atoms with Crippen molar-refractivity contribution in [3.05, 3.63) is 60.2 Å². The molecule has 0 N–H and O–H groups in total. The monoisotopic (exact) mass is 271 g/mol. The van der Waals surface area contributed by atoms with Crippen molar-refractivity contribution in [2.75, 3.05) is 0 Å². The number of nitriles is 1. The van der Waals surface area contributed by atoms with Crippen molar-refractivity contribution >= 4 is 15.9 Å². The van der Waals surface area contributed by atoms with E-state index in [1.54, 1.807) is 0 Å². The molecule has 2 aromatic carbocycles. The molecule has 2 aromatic rings. The van der Waals surface area contributed by atoms with Gasteiger partial charge in [0.2, 0.25) is 0 Å². The first-order valence-electron chi connectivity index (χ1n) is 5.00. The number of alkyl halides is 1. The molecule has 78 valence electrons. The van der Waals surface area contributed by atoms with Crippen LogP contribution in [0.5, 0.6) is 0 Å². The highest BCUT2D eigenvalue weighted by molar-refractivity contribution is 9.09. The quantitative estimate of drug-likeness (QED) is 0.747. The van der Waals surface area contributed by atoms with Gasteiger partial charge in [0, 0.05) is 0 Å². The maximum Gasteiger partial charge on any atom is 0.126 e. The molecule has 0 fully saturated rings. The Morgan fingerprint density at radius 3 is 2.00 bits per heavy atom. The maximum atomic E-state index is 8.78. The van der Waals surface area contributed by atoms with Crippen LogP contribution in [0.3, 0.4) is 0 Å². The number of halogens is 1. The summed E-state index contributed by atoms with van der Waals surface area (Å²) in [6.07, 6.45) is 0. The smallest absolute Gasteiger partial charge is 0.126 e. The Balaban J connectivity index is 2.31. The van der Waals surface area contributed by atoms with Gasteiger partial charge in [0.15, 0.2) is 0 Å². The molecule has 0 aromatic heterocycles. The molecule has 0 aliphatic carbocycles. The van der Waals surface area contributed by atoms with Crippen LogP contribution < -0.4 is 0 Å². The fourth-order valence-corrected chi connectivity index (χ4v) is 1.85. The molecule has 0 heterocycles. The van der Waals surface area contributed by atoms with Crippen LogP contribution >= 0.6 is 15.9 Å². The predicted molar refractivity (Wildman–Crippen MR) is 69.2 cm³/mol. The lowest BCUT2D eigenvalue weighted by Gasteiger charge is -2.04. The van der Waals surface area contributed by atoms with Crippen LogP contribution in [-0.2, 0) is 0 Å². The van der Waals surface area contributed by atoms with Crippen molar-refractivity contribution in [3.63, 3.8) is 0 Å². The van der Waals surface area contributed by atoms with Gasteiger partial charge in [-0.15, -0.1) is 0 Å². The first-order chi connectivity index (χ1) is 7.81. The van der Waals surface area contributed by atoms with Gasteiger partial charge >= 0.3 is 0 Å². The predicted octanol–water partition coefficient (Wildman–Crippen LogP) is 4.31. The Morgan fingerprint density at radius 1 is 0.875 bits per heavy atom. The molecule has 0 bridgehead atoms. The minimum absolute atomic E-state index is 0.225. The number of nitrogens with zero attached hydrogens (tertiary/aromatic N) is 1. The Bertz CT molecular complexity index is 497. The van der Waals surface area contributed by atoms with Gasteiger partial charge < -0.3 is 0 Å². The summed E-state index contributed by atoms with van der Waals surface area (Å²) in [6.45, 7) is 0. The zero-order chi connectivity index (χ0) is 11.4. The van der Waals surface area contributed by atoms with Gasteiger partial charge in [0.05, 0.1) is 6.07 Å². The summed E-state index contributed by atoms with van der Waals surface area (Å²) in [5.74, 6) is 0. The van der Waals surface area contributed by atoms with Crippen molar-refractivity contribution in [1.82, 2.24) is 0 Å². The van der Waals surface area contributed by atoms with Crippen LogP contribution in [-0.4, -0.2) is 0 Å². The Hall–Kier alpha value is -1.59. The summed E-state index contributed by atoms with van der Waals surface area (Å²) < 4.78 is 0. The standard InChI is InChI=1S/C14H10BrN/c15-14(10-16)13-8-6-12(7-9-13)11-4-2-1-3-5-11/h1-9,14H. The molecule has 2 rings (SSSR count). The second-order valence-corrected chi connectivity index (χ2v) is 4.40. The van der Waals surface area contributed by atoms with Gasteiger partial charge in [-0.1, -0.05) is 70.5 Å². The van der Waals surface area contributed by atoms with Crippen molar-refractivity contribution in [2.45, 2.75) is 4.83 Å². The lowest BCUT2D eigenvalue weighted by molar-refractivity contribution is 1.25. The van der Waals surface area contributed by atoms with Crippen molar-refractivity contribution in [2.24, 2.45) is 0 Å². The molecule has 0 spiro atoms. The summed E-state index contributed by atoms with van der Waals surface area (Å²) in [5.41, 5.74) is 3.35. The number of benzene rings is 2. The fraction of sp³-hybridized carbons (Fsp3) is 0.0714. The molecular formula is C14H10BrN. The van der Waals surface area contributed by atoms with Gasteiger partial charge in [0.25, 0.3) is 0 Å². The van der Waals surface area contributed by atoms with E-state index < -0.39 is 0 Å². The molecule has 0 radical (unpaired) electrons. The molecule has 1 nitrogen and oxygen atoms in total. The zero-order valence-electron chi connectivity index (χ0n) is 8.60. The van der Waals surface area contributed by atoms with Crippen LogP contribution in [0.15, 0.2) is 54.6 Å². The normalized spacial score (nSPS) is 11.8. The SMILES string of the molecule is N#CC(Br)c1ccc(-c2ccccc2)cc1. The van der Waals surface area contributed by atoms with E-state index in [2.05, 4.69) is 34.1 Å². The maximum absolute atomic E-state index is 8.78. The largest absolute Gasteiger partial charge is 0.197 e. The van der Waals surface area contributed by atoms with Gasteiger partial charge in [-0.3, -0.25) is 0 Å². The summed E-state index contributed by atoms with van der Waals surface area (Å²) in [7, 11) is 0. The zero-order valence-corrected chi connectivity index (χ0v) is 10.2. The van der Waals surface area contributed by atoms with E-state index in [0.717, 1.165) is 5.56 Å². The Labute approximate surface area is 103 Å². The third-order valence-corrected chi connectivity index (χ3v) is 3.16. The lowest BCUT2D eigenvalue weighted by atomic mass is 10.0. The van der Waals surface area contributed by atoms with Gasteiger partial charge in [-0.05, 0) is 16.7 Å². The van der Waals surface area contributed by atoms with E-state index in [-0.39, 0.29) is 4.83 Å². The molecule has 1 unspecified atom stereocenters. The minimum atomic E-state index is -0.225. The highest BCUT2D eigenvalue weighted by Crippen LogP contribution is 2.25. The highest BCUT2D eigenvalue weighted by Gasteiger charge is 2.05. The van der Waals surface area contributed by atoms with Crippen molar-refractivity contribution in [3.8, 4) is 17.2 Å². The summed E-state index contributed by atoms with van der Waals surface area (Å²) in [4.78, 5) is -0.225. The average Bonchev–Trinajstić information content (AvgIpc) is 2.39. The van der Waals surface area contributed by atoms with Crippen LogP contribution in [0, 0.1) is 11.3 Å². The molecule has 0 saturated heterocycles. The molecule has 1 atom stereocenters. The molecule has 0 aliphatic rings. The topological polar surface area (TPSA) is 23.8 Å². The number of hydrogen-bond donors (Lipinski definition) is 0. The minimum Gasteiger partial charge on any atom is -0.197 e. The van der Waals surface area contributed by atoms with Gasteiger partial charge in [-0.2, -0.15) is 5.26 Å². The van der Waals surface area contributed by atoms with E-state index in [1.807, 2.05) is 42.5 Å². The molecule has 0 saturated carbocycles. The molecule has 2 heteroatoms. The van der Waals surface area contributed by atoms with Crippen molar-refractivity contribution in [1.29, 1.82) is 5.26 Å². The van der Waals surface area contributed by atoms with Crippen LogP contribution in [0.2, 0.25) is 0 Å². The second kappa shape index (κ2) is 4.96. The summed E-state index contributed by atoms with van der Waals surface area (Å²) >= 11 is 3.30. The van der Waals surface area contributed by atoms with Crippen molar-refractivity contribution < 1.29 is 0 Å². The lowest BCUT2D eigenvalue weighted by Crippen LogP contribution is -1.85. The van der Waals surface area contributed by atoms with E-state index in [4.69, 9.17) is 5.26 Å². The highest BCUT2D eigenvalue weighted by atomic mass is 79.9. The molecule has 0 aliphatic heterocycles. The first-order valence-corrected chi connectivity index (χ1v) is 5.92. The number of rotatable bonds is 2. The summed E-state index contributed by atoms with van der Waals surface area (Å²) in [6, 6.07) is 20.4. The average molecular weight is 272 g/mol. The fourth-order valence-electron chi connectivity index (χ4n) is 1.55. The van der Waals surface area contributed by atoms with Gasteiger partial charge in [-0.25, -0.2) is 0 Å². The van der Waals surface area contributed by atoms with E-state index in [0.29, 0.717) is 0 Å². The van der Waals surface area contributed by atoms with E-state index >= 15 is 0 Å². The van der Waals surface area contributed by atoms with Crippen LogP contribution in [0.1, 0.15) is 10.4 Å².